The first-order valence-electron chi connectivity index (χ1n) is 8.23. The van der Waals surface area contributed by atoms with Crippen molar-refractivity contribution in [2.45, 2.75) is 58.0 Å². The van der Waals surface area contributed by atoms with Gasteiger partial charge in [0.1, 0.15) is 0 Å². The van der Waals surface area contributed by atoms with Gasteiger partial charge in [0.05, 0.1) is 6.10 Å². The highest BCUT2D eigenvalue weighted by Crippen LogP contribution is 2.28. The predicted molar refractivity (Wildman–Crippen MR) is 80.5 cm³/mol. The number of aliphatic hydroxyl groups is 1. The molecule has 0 spiro atoms. The van der Waals surface area contributed by atoms with Gasteiger partial charge in [0.15, 0.2) is 0 Å². The molecule has 0 aromatic heterocycles. The number of hydrogen-bond donors (Lipinski definition) is 2. The average Bonchev–Trinajstić information content (AvgIpc) is 2.83. The summed E-state index contributed by atoms with van der Waals surface area (Å²) in [7, 11) is 1.84. The largest absolute Gasteiger partial charge is 0.393 e. The van der Waals surface area contributed by atoms with Crippen LogP contribution in [0.2, 0.25) is 0 Å². The summed E-state index contributed by atoms with van der Waals surface area (Å²) in [5.74, 6) is 1.77. The highest BCUT2D eigenvalue weighted by atomic mass is 16.3. The molecule has 0 aromatic carbocycles. The molecule has 0 bridgehead atoms. The first kappa shape index (κ1) is 15.6. The Balaban J connectivity index is 1.66. The van der Waals surface area contributed by atoms with Crippen LogP contribution in [0, 0.1) is 17.8 Å². The van der Waals surface area contributed by atoms with Gasteiger partial charge in [-0.1, -0.05) is 26.2 Å². The van der Waals surface area contributed by atoms with E-state index >= 15 is 0 Å². The first-order chi connectivity index (χ1) is 9.56. The highest BCUT2D eigenvalue weighted by molar-refractivity contribution is 5.73. The van der Waals surface area contributed by atoms with Gasteiger partial charge in [0.2, 0.25) is 0 Å². The van der Waals surface area contributed by atoms with Crippen LogP contribution >= 0.6 is 0 Å². The molecular formula is C16H30N2O2. The highest BCUT2D eigenvalue weighted by Gasteiger charge is 2.27. The van der Waals surface area contributed by atoms with Gasteiger partial charge in [-0.3, -0.25) is 0 Å². The second-order valence-corrected chi connectivity index (χ2v) is 6.95. The zero-order chi connectivity index (χ0) is 14.5. The van der Waals surface area contributed by atoms with Crippen molar-refractivity contribution < 1.29 is 9.90 Å². The third-order valence-corrected chi connectivity index (χ3v) is 5.15. The van der Waals surface area contributed by atoms with Crippen molar-refractivity contribution in [1.82, 2.24) is 10.2 Å². The first-order valence-corrected chi connectivity index (χ1v) is 8.23. The average molecular weight is 282 g/mol. The van der Waals surface area contributed by atoms with Crippen LogP contribution in [0.4, 0.5) is 4.79 Å². The second kappa shape index (κ2) is 7.30. The number of hydrogen-bond acceptors (Lipinski definition) is 2. The van der Waals surface area contributed by atoms with Crippen LogP contribution in [0.1, 0.15) is 51.9 Å². The van der Waals surface area contributed by atoms with Crippen molar-refractivity contribution >= 4 is 6.03 Å². The van der Waals surface area contributed by atoms with Gasteiger partial charge in [-0.05, 0) is 37.5 Å². The van der Waals surface area contributed by atoms with Gasteiger partial charge in [-0.2, -0.15) is 0 Å². The number of carbonyl (C=O) groups is 1. The minimum atomic E-state index is -0.218. The van der Waals surface area contributed by atoms with E-state index in [1.165, 1.54) is 25.7 Å². The number of rotatable bonds is 4. The van der Waals surface area contributed by atoms with Crippen molar-refractivity contribution in [2.24, 2.45) is 17.8 Å². The van der Waals surface area contributed by atoms with Crippen LogP contribution in [0.5, 0.6) is 0 Å². The molecule has 2 fully saturated rings. The predicted octanol–water partition coefficient (Wildman–Crippen LogP) is 2.62. The molecule has 0 radical (unpaired) electrons. The zero-order valence-corrected chi connectivity index (χ0v) is 13.0. The van der Waals surface area contributed by atoms with Crippen LogP contribution in [-0.2, 0) is 0 Å². The summed E-state index contributed by atoms with van der Waals surface area (Å²) >= 11 is 0. The summed E-state index contributed by atoms with van der Waals surface area (Å²) in [5, 5.41) is 12.9. The van der Waals surface area contributed by atoms with Crippen molar-refractivity contribution in [1.29, 1.82) is 0 Å². The van der Waals surface area contributed by atoms with Gasteiger partial charge in [-0.15, -0.1) is 0 Å². The van der Waals surface area contributed by atoms with Crippen LogP contribution in [0.25, 0.3) is 0 Å². The summed E-state index contributed by atoms with van der Waals surface area (Å²) in [6.07, 6.45) is 7.88. The second-order valence-electron chi connectivity index (χ2n) is 6.95. The molecule has 2 saturated carbocycles. The Hall–Kier alpha value is -0.770. The molecule has 2 N–H and O–H groups in total. The summed E-state index contributed by atoms with van der Waals surface area (Å²) < 4.78 is 0. The lowest BCUT2D eigenvalue weighted by Gasteiger charge is -2.28. The van der Waals surface area contributed by atoms with Crippen LogP contribution < -0.4 is 5.32 Å². The third kappa shape index (κ3) is 4.37. The maximum Gasteiger partial charge on any atom is 0.317 e. The van der Waals surface area contributed by atoms with E-state index in [2.05, 4.69) is 12.2 Å². The molecule has 4 nitrogen and oxygen atoms in total. The van der Waals surface area contributed by atoms with Gasteiger partial charge in [-0.25, -0.2) is 4.79 Å². The molecule has 2 amide bonds. The molecule has 2 unspecified atom stereocenters. The fraction of sp³-hybridized carbons (Fsp3) is 0.938. The minimum absolute atomic E-state index is 0.0164. The number of nitrogens with one attached hydrogen (secondary N) is 1. The number of amides is 2. The summed E-state index contributed by atoms with van der Waals surface area (Å²) in [5.41, 5.74) is 0. The molecule has 0 saturated heterocycles. The fourth-order valence-electron chi connectivity index (χ4n) is 3.56. The van der Waals surface area contributed by atoms with E-state index in [9.17, 15) is 9.90 Å². The Morgan fingerprint density at radius 1 is 1.20 bits per heavy atom. The number of nitrogens with zero attached hydrogens (tertiary/aromatic N) is 1. The molecule has 2 aliphatic rings. The van der Waals surface area contributed by atoms with Crippen LogP contribution in [-0.4, -0.2) is 42.3 Å². The number of aliphatic hydroxyl groups excluding tert-OH is 1. The topological polar surface area (TPSA) is 52.6 Å². The third-order valence-electron chi connectivity index (χ3n) is 5.15. The van der Waals surface area contributed by atoms with Crippen LogP contribution in [0.15, 0.2) is 0 Å². The van der Waals surface area contributed by atoms with Crippen molar-refractivity contribution in [3.63, 3.8) is 0 Å². The van der Waals surface area contributed by atoms with E-state index in [0.29, 0.717) is 12.5 Å². The van der Waals surface area contributed by atoms with Gasteiger partial charge >= 0.3 is 6.03 Å². The molecular weight excluding hydrogens is 252 g/mol. The van der Waals surface area contributed by atoms with Crippen molar-refractivity contribution in [3.8, 4) is 0 Å². The van der Waals surface area contributed by atoms with E-state index < -0.39 is 0 Å². The molecule has 2 aliphatic carbocycles. The van der Waals surface area contributed by atoms with Crippen LogP contribution in [0.3, 0.4) is 0 Å². The molecule has 0 aliphatic heterocycles. The summed E-state index contributed by atoms with van der Waals surface area (Å²) in [4.78, 5) is 13.8. The maximum absolute atomic E-state index is 12.1. The van der Waals surface area contributed by atoms with E-state index in [1.807, 2.05) is 7.05 Å². The summed E-state index contributed by atoms with van der Waals surface area (Å²) in [6, 6.07) is 0.0164. The Morgan fingerprint density at radius 2 is 1.90 bits per heavy atom. The molecule has 116 valence electrons. The molecule has 2 atom stereocenters. The Kier molecular flexibility index (Phi) is 5.70. The van der Waals surface area contributed by atoms with E-state index in [-0.39, 0.29) is 18.1 Å². The zero-order valence-electron chi connectivity index (χ0n) is 13.0. The maximum atomic E-state index is 12.1. The number of urea groups is 1. The fourth-order valence-corrected chi connectivity index (χ4v) is 3.56. The molecule has 0 heterocycles. The molecule has 20 heavy (non-hydrogen) atoms. The smallest absolute Gasteiger partial charge is 0.317 e. The number of carbonyl (C=O) groups excluding carboxylic acids is 1. The molecule has 2 rings (SSSR count). The van der Waals surface area contributed by atoms with E-state index in [0.717, 1.165) is 31.7 Å². The van der Waals surface area contributed by atoms with Gasteiger partial charge < -0.3 is 15.3 Å². The Morgan fingerprint density at radius 3 is 2.50 bits per heavy atom. The SMILES string of the molecule is CC1CCC(CNC(=O)N(C)CC2CCCC2O)CC1. The lowest BCUT2D eigenvalue weighted by Crippen LogP contribution is -2.43. The van der Waals surface area contributed by atoms with Gasteiger partial charge in [0, 0.05) is 26.1 Å². The monoisotopic (exact) mass is 282 g/mol. The van der Waals surface area contributed by atoms with Crippen molar-refractivity contribution in [2.75, 3.05) is 20.1 Å². The molecule has 0 aromatic rings. The molecule has 4 heteroatoms. The van der Waals surface area contributed by atoms with E-state index in [1.54, 1.807) is 4.90 Å². The standard InChI is InChI=1S/C16H30N2O2/c1-12-6-8-13(9-7-12)10-17-16(20)18(2)11-14-4-3-5-15(14)19/h12-15,19H,3-11H2,1-2H3,(H,17,20). The van der Waals surface area contributed by atoms with E-state index in [4.69, 9.17) is 0 Å². The Bertz CT molecular complexity index is 314. The lowest BCUT2D eigenvalue weighted by atomic mass is 9.83. The summed E-state index contributed by atoms with van der Waals surface area (Å²) in [6.45, 7) is 3.80. The normalized spacial score (nSPS) is 34.0. The quantitative estimate of drug-likeness (QED) is 0.833. The van der Waals surface area contributed by atoms with Gasteiger partial charge in [0.25, 0.3) is 0 Å². The van der Waals surface area contributed by atoms with Crippen molar-refractivity contribution in [3.05, 3.63) is 0 Å². The Labute approximate surface area is 122 Å². The minimum Gasteiger partial charge on any atom is -0.393 e. The lowest BCUT2D eigenvalue weighted by molar-refractivity contribution is 0.113.